The molecule has 3 heterocycles. The summed E-state index contributed by atoms with van der Waals surface area (Å²) in [6, 6.07) is 8.84. The van der Waals surface area contributed by atoms with Crippen LogP contribution in [-0.4, -0.2) is 38.2 Å². The molecular weight excluding hydrogens is 386 g/mol. The number of rotatable bonds is 5. The van der Waals surface area contributed by atoms with Crippen LogP contribution in [0.5, 0.6) is 0 Å². The van der Waals surface area contributed by atoms with Gasteiger partial charge in [-0.1, -0.05) is 39.5 Å². The molecular formula is C24H37N7. The molecule has 0 bridgehead atoms. The van der Waals surface area contributed by atoms with Crippen molar-refractivity contribution < 1.29 is 0 Å². The van der Waals surface area contributed by atoms with Gasteiger partial charge in [-0.3, -0.25) is 4.99 Å². The molecule has 3 aliphatic rings. The van der Waals surface area contributed by atoms with Crippen molar-refractivity contribution in [1.29, 1.82) is 0 Å². The molecule has 1 aromatic rings. The molecule has 31 heavy (non-hydrogen) atoms. The van der Waals surface area contributed by atoms with E-state index in [0.717, 1.165) is 42.4 Å². The second-order valence-corrected chi connectivity index (χ2v) is 7.08. The van der Waals surface area contributed by atoms with Gasteiger partial charge in [0.2, 0.25) is 0 Å². The molecule has 2 unspecified atom stereocenters. The molecule has 1 aromatic carbocycles. The predicted molar refractivity (Wildman–Crippen MR) is 133 cm³/mol. The topological polar surface area (TPSA) is 84.9 Å². The minimum Gasteiger partial charge on any atom is -0.339 e. The van der Waals surface area contributed by atoms with E-state index in [0.29, 0.717) is 6.04 Å². The molecule has 0 spiro atoms. The van der Waals surface area contributed by atoms with Gasteiger partial charge >= 0.3 is 0 Å². The van der Waals surface area contributed by atoms with Crippen LogP contribution >= 0.6 is 0 Å². The van der Waals surface area contributed by atoms with Crippen LogP contribution in [0.25, 0.3) is 0 Å². The van der Waals surface area contributed by atoms with E-state index in [-0.39, 0.29) is 13.3 Å². The van der Waals surface area contributed by atoms with Crippen LogP contribution in [0.3, 0.4) is 0 Å². The van der Waals surface area contributed by atoms with Gasteiger partial charge in [0.1, 0.15) is 0 Å². The third kappa shape index (κ3) is 5.91. The van der Waals surface area contributed by atoms with E-state index in [1.54, 1.807) is 0 Å². The molecule has 7 heteroatoms. The van der Waals surface area contributed by atoms with E-state index in [1.165, 1.54) is 11.1 Å². The number of fused-ring (bicyclic) bond motifs is 1. The fourth-order valence-electron chi connectivity index (χ4n) is 3.69. The lowest BCUT2D eigenvalue weighted by Gasteiger charge is -2.25. The molecule has 3 aliphatic heterocycles. The van der Waals surface area contributed by atoms with Crippen LogP contribution in [0.2, 0.25) is 0 Å². The lowest BCUT2D eigenvalue weighted by atomic mass is 9.90. The van der Waals surface area contributed by atoms with Crippen molar-refractivity contribution in [3.05, 3.63) is 65.7 Å². The number of nitrogens with zero attached hydrogens (tertiary/aromatic N) is 2. The van der Waals surface area contributed by atoms with Crippen molar-refractivity contribution in [2.45, 2.75) is 34.2 Å². The van der Waals surface area contributed by atoms with Gasteiger partial charge in [-0.15, -0.1) is 0 Å². The van der Waals surface area contributed by atoms with E-state index in [9.17, 15) is 0 Å². The first-order valence-electron chi connectivity index (χ1n) is 10.7. The van der Waals surface area contributed by atoms with Gasteiger partial charge < -0.3 is 21.4 Å². The van der Waals surface area contributed by atoms with Gasteiger partial charge in [-0.05, 0) is 35.8 Å². The Labute approximate surface area is 186 Å². The first-order valence-corrected chi connectivity index (χ1v) is 10.7. The highest BCUT2D eigenvalue weighted by molar-refractivity contribution is 6.48. The van der Waals surface area contributed by atoms with Gasteiger partial charge in [0.05, 0.1) is 11.6 Å². The third-order valence-electron chi connectivity index (χ3n) is 5.18. The molecule has 0 radical (unpaired) electrons. The number of piperazine rings is 1. The van der Waals surface area contributed by atoms with Crippen LogP contribution in [0.15, 0.2) is 70.1 Å². The number of amidine groups is 1. The zero-order valence-electron chi connectivity index (χ0n) is 18.3. The molecule has 5 N–H and O–H groups in total. The Morgan fingerprint density at radius 1 is 1.19 bits per heavy atom. The van der Waals surface area contributed by atoms with Gasteiger partial charge in [0.25, 0.3) is 0 Å². The van der Waals surface area contributed by atoms with E-state index in [2.05, 4.69) is 74.1 Å². The Morgan fingerprint density at radius 3 is 2.77 bits per heavy atom. The molecule has 1 saturated heterocycles. The SMILES string of the molecule is C.CC.CNN/C=C(\C)C1=CN=C2C(Nc3cccc(C4CNCCN4)c3)=NC=CC12. The number of nitrogens with one attached hydrogen (secondary N) is 5. The number of anilines is 1. The fourth-order valence-corrected chi connectivity index (χ4v) is 3.69. The highest BCUT2D eigenvalue weighted by atomic mass is 15.3. The molecule has 0 saturated carbocycles. The number of aliphatic imine (C=N–C) groups is 2. The molecule has 0 aliphatic carbocycles. The fraction of sp³-hybridized carbons (Fsp3) is 0.417. The quantitative estimate of drug-likeness (QED) is 0.468. The second-order valence-electron chi connectivity index (χ2n) is 7.08. The largest absolute Gasteiger partial charge is 0.339 e. The summed E-state index contributed by atoms with van der Waals surface area (Å²) in [5.41, 5.74) is 11.5. The monoisotopic (exact) mass is 423 g/mol. The number of allylic oxidation sites excluding steroid dienone is 3. The smallest absolute Gasteiger partial charge is 0.153 e. The summed E-state index contributed by atoms with van der Waals surface area (Å²) >= 11 is 0. The van der Waals surface area contributed by atoms with Crippen molar-refractivity contribution in [2.75, 3.05) is 32.0 Å². The van der Waals surface area contributed by atoms with E-state index in [4.69, 9.17) is 0 Å². The Morgan fingerprint density at radius 2 is 2.03 bits per heavy atom. The maximum Gasteiger partial charge on any atom is 0.153 e. The third-order valence-corrected chi connectivity index (χ3v) is 5.18. The molecule has 4 rings (SSSR count). The van der Waals surface area contributed by atoms with E-state index >= 15 is 0 Å². The first-order chi connectivity index (χ1) is 14.8. The van der Waals surface area contributed by atoms with Crippen molar-refractivity contribution in [3.63, 3.8) is 0 Å². The molecule has 7 nitrogen and oxygen atoms in total. The summed E-state index contributed by atoms with van der Waals surface area (Å²) in [7, 11) is 1.84. The lowest BCUT2D eigenvalue weighted by molar-refractivity contribution is 0.430. The minimum absolute atomic E-state index is 0. The highest BCUT2D eigenvalue weighted by Crippen LogP contribution is 2.30. The van der Waals surface area contributed by atoms with Gasteiger partial charge in [0, 0.05) is 57.0 Å². The minimum atomic E-state index is 0. The zero-order valence-corrected chi connectivity index (χ0v) is 18.3. The summed E-state index contributed by atoms with van der Waals surface area (Å²) < 4.78 is 0. The molecule has 168 valence electrons. The Balaban J connectivity index is 0.00000111. The molecule has 2 atom stereocenters. The average molecular weight is 424 g/mol. The Hall–Kier alpha value is -2.74. The number of benzene rings is 1. The maximum absolute atomic E-state index is 4.66. The lowest BCUT2D eigenvalue weighted by Crippen LogP contribution is -2.42. The van der Waals surface area contributed by atoms with Crippen LogP contribution in [0.1, 0.15) is 39.8 Å². The van der Waals surface area contributed by atoms with Crippen LogP contribution in [0.4, 0.5) is 5.69 Å². The zero-order chi connectivity index (χ0) is 21.3. The van der Waals surface area contributed by atoms with E-state index < -0.39 is 0 Å². The Bertz CT molecular complexity index is 874. The van der Waals surface area contributed by atoms with E-state index in [1.807, 2.05) is 39.5 Å². The van der Waals surface area contributed by atoms with Gasteiger partial charge in [-0.2, -0.15) is 0 Å². The molecule has 0 amide bonds. The Kier molecular flexibility index (Phi) is 9.65. The van der Waals surface area contributed by atoms with Crippen molar-refractivity contribution in [1.82, 2.24) is 21.5 Å². The molecule has 1 fully saturated rings. The summed E-state index contributed by atoms with van der Waals surface area (Å²) in [5.74, 6) is 0.933. The summed E-state index contributed by atoms with van der Waals surface area (Å²) in [4.78, 5) is 9.21. The predicted octanol–water partition coefficient (Wildman–Crippen LogP) is 3.50. The number of hydrogen-bond acceptors (Lipinski definition) is 7. The normalized spacial score (nSPS) is 22.1. The summed E-state index contributed by atoms with van der Waals surface area (Å²) in [5, 5.41) is 10.5. The van der Waals surface area contributed by atoms with Crippen LogP contribution in [-0.2, 0) is 0 Å². The average Bonchev–Trinajstić information content (AvgIpc) is 3.25. The second kappa shape index (κ2) is 12.2. The maximum atomic E-state index is 4.66. The van der Waals surface area contributed by atoms with Crippen LogP contribution < -0.4 is 26.8 Å². The summed E-state index contributed by atoms with van der Waals surface area (Å²) in [6.07, 6.45) is 7.84. The van der Waals surface area contributed by atoms with Crippen LogP contribution in [0, 0.1) is 5.92 Å². The van der Waals surface area contributed by atoms with Crippen molar-refractivity contribution >= 4 is 17.2 Å². The van der Waals surface area contributed by atoms with Crippen molar-refractivity contribution in [2.24, 2.45) is 15.9 Å². The first kappa shape index (κ1) is 24.5. The number of hydrogen-bond donors (Lipinski definition) is 5. The standard InChI is InChI=1S/C21H27N7.C2H6.CH4/c1-14(11-27-22-2)18-12-26-20-17(18)6-7-25-21(20)28-16-5-3-4-15(10-16)19-13-23-8-9-24-19;1-2;/h3-7,10-12,17,19,22-24,27H,8-9,13H2,1-2H3,(H,25,28);1-2H3;1H4/b14-11+;;. The van der Waals surface area contributed by atoms with Gasteiger partial charge in [-0.25, -0.2) is 10.4 Å². The summed E-state index contributed by atoms with van der Waals surface area (Å²) in [6.45, 7) is 9.03. The highest BCUT2D eigenvalue weighted by Gasteiger charge is 2.29. The van der Waals surface area contributed by atoms with Gasteiger partial charge in [0.15, 0.2) is 5.84 Å². The van der Waals surface area contributed by atoms with Crippen molar-refractivity contribution in [3.8, 4) is 0 Å². The number of hydrazine groups is 1. The molecule has 0 aromatic heterocycles.